The summed E-state index contributed by atoms with van der Waals surface area (Å²) in [5, 5.41) is 3.36. The summed E-state index contributed by atoms with van der Waals surface area (Å²) >= 11 is 0. The smallest absolute Gasteiger partial charge is 0.225 e. The van der Waals surface area contributed by atoms with Crippen LogP contribution in [0.3, 0.4) is 0 Å². The summed E-state index contributed by atoms with van der Waals surface area (Å²) < 4.78 is 0. The molecule has 0 radical (unpaired) electrons. The number of likely N-dealkylation sites (N-methyl/N-ethyl adjacent to an activating group) is 1. The lowest BCUT2D eigenvalue weighted by atomic mass is 9.97. The summed E-state index contributed by atoms with van der Waals surface area (Å²) in [5.41, 5.74) is 2.65. The van der Waals surface area contributed by atoms with Crippen LogP contribution in [0.1, 0.15) is 50.3 Å². The zero-order valence-corrected chi connectivity index (χ0v) is 13.6. The number of likely N-dealkylation sites (tertiary alicyclic amines) is 1. The predicted octanol–water partition coefficient (Wildman–Crippen LogP) is 3.16. The number of nitrogens with zero attached hydrogens (tertiary/aromatic N) is 1. The van der Waals surface area contributed by atoms with Gasteiger partial charge in [0.2, 0.25) is 5.91 Å². The van der Waals surface area contributed by atoms with Crippen molar-refractivity contribution in [2.45, 2.75) is 45.6 Å². The molecule has 1 aromatic rings. The van der Waals surface area contributed by atoms with Gasteiger partial charge in [0, 0.05) is 25.0 Å². The molecule has 0 saturated carbocycles. The number of carbonyl (C=O) groups excluding carboxylic acids is 1. The Hall–Kier alpha value is -1.35. The first kappa shape index (κ1) is 16.0. The maximum Gasteiger partial charge on any atom is 0.225 e. The summed E-state index contributed by atoms with van der Waals surface area (Å²) in [4.78, 5) is 14.3. The summed E-state index contributed by atoms with van der Waals surface area (Å²) in [7, 11) is 1.97. The normalized spacial score (nSPS) is 20.6. The van der Waals surface area contributed by atoms with Crippen LogP contribution in [0.25, 0.3) is 0 Å². The highest BCUT2D eigenvalue weighted by molar-refractivity contribution is 5.79. The van der Waals surface area contributed by atoms with Crippen LogP contribution in [0.5, 0.6) is 0 Å². The Morgan fingerprint density at radius 3 is 2.67 bits per heavy atom. The molecule has 3 heteroatoms. The van der Waals surface area contributed by atoms with E-state index < -0.39 is 0 Å². The van der Waals surface area contributed by atoms with Gasteiger partial charge in [0.05, 0.1) is 0 Å². The lowest BCUT2D eigenvalue weighted by Gasteiger charge is -2.33. The maximum atomic E-state index is 12.2. The molecule has 1 heterocycles. The fourth-order valence-corrected chi connectivity index (χ4v) is 3.10. The highest BCUT2D eigenvalue weighted by Gasteiger charge is 2.27. The van der Waals surface area contributed by atoms with Crippen molar-refractivity contribution in [3.8, 4) is 0 Å². The van der Waals surface area contributed by atoms with Crippen LogP contribution in [-0.2, 0) is 11.2 Å². The Morgan fingerprint density at radius 2 is 2.05 bits per heavy atom. The zero-order valence-electron chi connectivity index (χ0n) is 13.6. The van der Waals surface area contributed by atoms with Gasteiger partial charge in [-0.15, -0.1) is 0 Å². The Bertz CT molecular complexity index is 455. The molecule has 2 unspecified atom stereocenters. The first-order chi connectivity index (χ1) is 10.2. The summed E-state index contributed by atoms with van der Waals surface area (Å²) in [6.07, 6.45) is 4.46. The fraction of sp³-hybridized carbons (Fsp3) is 0.611. The van der Waals surface area contributed by atoms with E-state index in [1.54, 1.807) is 0 Å². The predicted molar refractivity (Wildman–Crippen MR) is 87.2 cm³/mol. The third-order valence-corrected chi connectivity index (χ3v) is 4.47. The van der Waals surface area contributed by atoms with Crippen molar-refractivity contribution in [2.24, 2.45) is 5.92 Å². The van der Waals surface area contributed by atoms with Gasteiger partial charge in [0.15, 0.2) is 0 Å². The number of hydrogen-bond acceptors (Lipinski definition) is 2. The topological polar surface area (TPSA) is 32.3 Å². The van der Waals surface area contributed by atoms with Gasteiger partial charge in [-0.1, -0.05) is 44.5 Å². The minimum atomic E-state index is 0.184. The molecule has 1 aliphatic heterocycles. The van der Waals surface area contributed by atoms with Crippen LogP contribution in [0.15, 0.2) is 24.3 Å². The highest BCUT2D eigenvalue weighted by atomic mass is 16.2. The van der Waals surface area contributed by atoms with Gasteiger partial charge in [-0.05, 0) is 37.4 Å². The minimum Gasteiger partial charge on any atom is -0.341 e. The van der Waals surface area contributed by atoms with Crippen molar-refractivity contribution in [1.29, 1.82) is 0 Å². The standard InChI is InChI=1S/C18H28N2O/c1-4-6-15-8-10-16(11-9-15)17(19-3)13-20-12-5-7-14(2)18(20)21/h8-11,14,17,19H,4-7,12-13H2,1-3H3. The number of aryl methyl sites for hydroxylation is 1. The van der Waals surface area contributed by atoms with Crippen LogP contribution < -0.4 is 5.32 Å². The summed E-state index contributed by atoms with van der Waals surface area (Å²) in [6, 6.07) is 9.04. The van der Waals surface area contributed by atoms with Crippen molar-refractivity contribution in [3.63, 3.8) is 0 Å². The molecular weight excluding hydrogens is 260 g/mol. The third kappa shape index (κ3) is 4.07. The van der Waals surface area contributed by atoms with E-state index in [9.17, 15) is 4.79 Å². The molecule has 2 atom stereocenters. The fourth-order valence-electron chi connectivity index (χ4n) is 3.10. The lowest BCUT2D eigenvalue weighted by molar-refractivity contribution is -0.138. The van der Waals surface area contributed by atoms with Crippen LogP contribution in [0.4, 0.5) is 0 Å². The molecule has 2 rings (SSSR count). The molecule has 0 aliphatic carbocycles. The molecule has 3 nitrogen and oxygen atoms in total. The number of hydrogen-bond donors (Lipinski definition) is 1. The molecule has 1 fully saturated rings. The average molecular weight is 288 g/mol. The number of carbonyl (C=O) groups is 1. The first-order valence-electron chi connectivity index (χ1n) is 8.20. The largest absolute Gasteiger partial charge is 0.341 e. The average Bonchev–Trinajstić information content (AvgIpc) is 2.50. The van der Waals surface area contributed by atoms with E-state index in [1.165, 1.54) is 17.5 Å². The van der Waals surface area contributed by atoms with E-state index in [0.717, 1.165) is 32.4 Å². The lowest BCUT2D eigenvalue weighted by Crippen LogP contribution is -2.44. The van der Waals surface area contributed by atoms with Crippen molar-refractivity contribution in [3.05, 3.63) is 35.4 Å². The highest BCUT2D eigenvalue weighted by Crippen LogP contribution is 2.21. The zero-order chi connectivity index (χ0) is 15.2. The number of benzene rings is 1. The molecule has 1 amide bonds. The van der Waals surface area contributed by atoms with Gasteiger partial charge in [-0.3, -0.25) is 4.79 Å². The molecule has 1 saturated heterocycles. The molecule has 1 aromatic carbocycles. The monoisotopic (exact) mass is 288 g/mol. The Balaban J connectivity index is 2.03. The van der Waals surface area contributed by atoms with Gasteiger partial charge in [-0.25, -0.2) is 0 Å². The second-order valence-corrected chi connectivity index (χ2v) is 6.16. The van der Waals surface area contributed by atoms with Gasteiger partial charge in [0.1, 0.15) is 0 Å². The van der Waals surface area contributed by atoms with Gasteiger partial charge >= 0.3 is 0 Å². The van der Waals surface area contributed by atoms with Crippen molar-refractivity contribution in [2.75, 3.05) is 20.1 Å². The number of nitrogens with one attached hydrogen (secondary N) is 1. The molecule has 21 heavy (non-hydrogen) atoms. The van der Waals surface area contributed by atoms with Crippen LogP contribution in [-0.4, -0.2) is 30.9 Å². The quantitative estimate of drug-likeness (QED) is 0.872. The van der Waals surface area contributed by atoms with Gasteiger partial charge in [-0.2, -0.15) is 0 Å². The van der Waals surface area contributed by atoms with E-state index in [1.807, 2.05) is 18.9 Å². The number of piperidine rings is 1. The van der Waals surface area contributed by atoms with Crippen molar-refractivity contribution >= 4 is 5.91 Å². The molecule has 0 aromatic heterocycles. The molecule has 0 spiro atoms. The Kier molecular flexibility index (Phi) is 5.80. The molecule has 116 valence electrons. The molecule has 1 aliphatic rings. The Morgan fingerprint density at radius 1 is 1.33 bits per heavy atom. The maximum absolute atomic E-state index is 12.2. The van der Waals surface area contributed by atoms with Gasteiger partial charge in [0.25, 0.3) is 0 Å². The van der Waals surface area contributed by atoms with Crippen molar-refractivity contribution < 1.29 is 4.79 Å². The van der Waals surface area contributed by atoms with E-state index in [2.05, 4.69) is 36.5 Å². The molecular formula is C18H28N2O. The number of amides is 1. The molecule has 0 bridgehead atoms. The van der Waals surface area contributed by atoms with Crippen molar-refractivity contribution in [1.82, 2.24) is 10.2 Å². The SMILES string of the molecule is CCCc1ccc(C(CN2CCCC(C)C2=O)NC)cc1. The Labute approximate surface area is 128 Å². The van der Waals surface area contributed by atoms with E-state index >= 15 is 0 Å². The molecule has 1 N–H and O–H groups in total. The second kappa shape index (κ2) is 7.60. The van der Waals surface area contributed by atoms with Gasteiger partial charge < -0.3 is 10.2 Å². The van der Waals surface area contributed by atoms with E-state index in [4.69, 9.17) is 0 Å². The van der Waals surface area contributed by atoms with E-state index in [0.29, 0.717) is 5.91 Å². The van der Waals surface area contributed by atoms with E-state index in [-0.39, 0.29) is 12.0 Å². The summed E-state index contributed by atoms with van der Waals surface area (Å²) in [6.45, 7) is 5.91. The second-order valence-electron chi connectivity index (χ2n) is 6.16. The minimum absolute atomic E-state index is 0.184. The van der Waals surface area contributed by atoms with Crippen LogP contribution in [0.2, 0.25) is 0 Å². The summed E-state index contributed by atoms with van der Waals surface area (Å²) in [5.74, 6) is 0.493. The first-order valence-corrected chi connectivity index (χ1v) is 8.20. The van der Waals surface area contributed by atoms with Crippen LogP contribution >= 0.6 is 0 Å². The third-order valence-electron chi connectivity index (χ3n) is 4.47. The number of rotatable bonds is 6. The van der Waals surface area contributed by atoms with Crippen LogP contribution in [0, 0.1) is 5.92 Å².